The van der Waals surface area contributed by atoms with E-state index >= 15 is 0 Å². The molecular weight excluding hydrogens is 364 g/mol. The van der Waals surface area contributed by atoms with E-state index in [0.29, 0.717) is 12.1 Å². The van der Waals surface area contributed by atoms with Crippen LogP contribution in [0.1, 0.15) is 28.8 Å². The zero-order valence-corrected chi connectivity index (χ0v) is 17.2. The van der Waals surface area contributed by atoms with Crippen molar-refractivity contribution in [2.75, 3.05) is 32.1 Å². The van der Waals surface area contributed by atoms with Gasteiger partial charge in [-0.15, -0.1) is 0 Å². The van der Waals surface area contributed by atoms with E-state index in [4.69, 9.17) is 5.73 Å². The maximum Gasteiger partial charge on any atom is 0.248 e. The van der Waals surface area contributed by atoms with Crippen LogP contribution in [0.25, 0.3) is 0 Å². The first kappa shape index (κ1) is 20.9. The second kappa shape index (κ2) is 9.56. The van der Waals surface area contributed by atoms with Crippen LogP contribution >= 0.6 is 0 Å². The van der Waals surface area contributed by atoms with E-state index in [-0.39, 0.29) is 18.0 Å². The highest BCUT2D eigenvalue weighted by atomic mass is 16.2. The fourth-order valence-electron chi connectivity index (χ4n) is 3.82. The van der Waals surface area contributed by atoms with Crippen LogP contribution in [0.4, 0.5) is 5.69 Å². The van der Waals surface area contributed by atoms with Crippen LogP contribution in [-0.2, 0) is 11.2 Å². The molecular formula is C23H30N4O2. The molecule has 3 rings (SSSR count). The minimum atomic E-state index is -0.424. The summed E-state index contributed by atoms with van der Waals surface area (Å²) in [5, 5.41) is 3.16. The van der Waals surface area contributed by atoms with E-state index in [0.717, 1.165) is 37.1 Å². The number of nitrogens with two attached hydrogens (primary N) is 1. The van der Waals surface area contributed by atoms with Crippen LogP contribution in [-0.4, -0.2) is 56.0 Å². The summed E-state index contributed by atoms with van der Waals surface area (Å²) in [5.74, 6) is -0.338. The molecule has 29 heavy (non-hydrogen) atoms. The number of carbonyl (C=O) groups is 2. The SMILES string of the molecule is CN(C)C(CNC(=O)C1CCCN1c1ccccc1)Cc1ccc(C(N)=O)cc1. The number of nitrogens with zero attached hydrogens (tertiary/aromatic N) is 2. The van der Waals surface area contributed by atoms with Crippen molar-refractivity contribution >= 4 is 17.5 Å². The van der Waals surface area contributed by atoms with Crippen molar-refractivity contribution in [1.82, 2.24) is 10.2 Å². The van der Waals surface area contributed by atoms with Crippen LogP contribution in [0.15, 0.2) is 54.6 Å². The molecule has 6 nitrogen and oxygen atoms in total. The van der Waals surface area contributed by atoms with Crippen molar-refractivity contribution in [3.63, 3.8) is 0 Å². The van der Waals surface area contributed by atoms with Crippen molar-refractivity contribution in [3.8, 4) is 0 Å². The molecule has 2 unspecified atom stereocenters. The zero-order valence-electron chi connectivity index (χ0n) is 17.2. The third-order valence-corrected chi connectivity index (χ3v) is 5.60. The third kappa shape index (κ3) is 5.35. The molecule has 2 amide bonds. The maximum absolute atomic E-state index is 12.9. The summed E-state index contributed by atoms with van der Waals surface area (Å²) < 4.78 is 0. The molecule has 2 atom stereocenters. The van der Waals surface area contributed by atoms with Crippen molar-refractivity contribution in [1.29, 1.82) is 0 Å². The van der Waals surface area contributed by atoms with Gasteiger partial charge in [-0.05, 0) is 63.2 Å². The molecule has 0 spiro atoms. The van der Waals surface area contributed by atoms with E-state index in [2.05, 4.69) is 27.2 Å². The Bertz CT molecular complexity index is 821. The van der Waals surface area contributed by atoms with Crippen molar-refractivity contribution < 1.29 is 9.59 Å². The van der Waals surface area contributed by atoms with Gasteiger partial charge in [-0.1, -0.05) is 30.3 Å². The van der Waals surface area contributed by atoms with Gasteiger partial charge < -0.3 is 20.9 Å². The molecule has 1 fully saturated rings. The fraction of sp³-hybridized carbons (Fsp3) is 0.391. The second-order valence-corrected chi connectivity index (χ2v) is 7.81. The third-order valence-electron chi connectivity index (χ3n) is 5.60. The summed E-state index contributed by atoms with van der Waals surface area (Å²) in [6, 6.07) is 17.5. The minimum Gasteiger partial charge on any atom is -0.366 e. The zero-order chi connectivity index (χ0) is 20.8. The molecule has 6 heteroatoms. The number of benzene rings is 2. The van der Waals surface area contributed by atoms with Crippen LogP contribution in [0.2, 0.25) is 0 Å². The van der Waals surface area contributed by atoms with Crippen LogP contribution < -0.4 is 16.0 Å². The molecule has 1 heterocycles. The van der Waals surface area contributed by atoms with Gasteiger partial charge in [0.15, 0.2) is 0 Å². The highest BCUT2D eigenvalue weighted by molar-refractivity contribution is 5.92. The molecule has 0 aliphatic carbocycles. The summed E-state index contributed by atoms with van der Waals surface area (Å²) in [4.78, 5) is 28.5. The van der Waals surface area contributed by atoms with Crippen LogP contribution in [0, 0.1) is 0 Å². The quantitative estimate of drug-likeness (QED) is 0.718. The monoisotopic (exact) mass is 394 g/mol. The Labute approximate surface area is 172 Å². The summed E-state index contributed by atoms with van der Waals surface area (Å²) in [6.45, 7) is 1.48. The average Bonchev–Trinajstić information content (AvgIpc) is 3.21. The van der Waals surface area contributed by atoms with E-state index in [1.165, 1.54) is 0 Å². The van der Waals surface area contributed by atoms with Crippen molar-refractivity contribution in [2.45, 2.75) is 31.3 Å². The summed E-state index contributed by atoms with van der Waals surface area (Å²) in [6.07, 6.45) is 2.68. The number of likely N-dealkylation sites (N-methyl/N-ethyl adjacent to an activating group) is 1. The van der Waals surface area contributed by atoms with Crippen molar-refractivity contribution in [3.05, 3.63) is 65.7 Å². The Morgan fingerprint density at radius 3 is 2.45 bits per heavy atom. The van der Waals surface area contributed by atoms with Gasteiger partial charge in [0, 0.05) is 30.4 Å². The van der Waals surface area contributed by atoms with Gasteiger partial charge in [0.1, 0.15) is 6.04 Å². The first-order chi connectivity index (χ1) is 14.0. The first-order valence-corrected chi connectivity index (χ1v) is 10.1. The van der Waals surface area contributed by atoms with Crippen molar-refractivity contribution in [2.24, 2.45) is 5.73 Å². The fourth-order valence-corrected chi connectivity index (χ4v) is 3.82. The summed E-state index contributed by atoms with van der Waals surface area (Å²) in [7, 11) is 4.03. The lowest BCUT2D eigenvalue weighted by Crippen LogP contribution is -2.48. The maximum atomic E-state index is 12.9. The van der Waals surface area contributed by atoms with Gasteiger partial charge in [-0.2, -0.15) is 0 Å². The highest BCUT2D eigenvalue weighted by Crippen LogP contribution is 2.25. The Balaban J connectivity index is 1.59. The number of anilines is 1. The van der Waals surface area contributed by atoms with Gasteiger partial charge in [-0.3, -0.25) is 9.59 Å². The van der Waals surface area contributed by atoms with Gasteiger partial charge >= 0.3 is 0 Å². The average molecular weight is 395 g/mol. The number of rotatable bonds is 8. The number of nitrogens with one attached hydrogen (secondary N) is 1. The number of amides is 2. The smallest absolute Gasteiger partial charge is 0.248 e. The molecule has 0 saturated carbocycles. The lowest BCUT2D eigenvalue weighted by Gasteiger charge is -2.28. The number of hydrogen-bond acceptors (Lipinski definition) is 4. The van der Waals surface area contributed by atoms with E-state index in [1.807, 2.05) is 44.4 Å². The molecule has 1 saturated heterocycles. The molecule has 0 radical (unpaired) electrons. The number of primary amides is 1. The Morgan fingerprint density at radius 1 is 1.14 bits per heavy atom. The predicted octanol–water partition coefficient (Wildman–Crippen LogP) is 2.04. The normalized spacial score (nSPS) is 17.3. The molecule has 154 valence electrons. The number of carbonyl (C=O) groups excluding carboxylic acids is 2. The van der Waals surface area contributed by atoms with Gasteiger partial charge in [0.25, 0.3) is 0 Å². The summed E-state index contributed by atoms with van der Waals surface area (Å²) >= 11 is 0. The Hall–Kier alpha value is -2.86. The lowest BCUT2D eigenvalue weighted by atomic mass is 10.0. The Morgan fingerprint density at radius 2 is 1.83 bits per heavy atom. The largest absolute Gasteiger partial charge is 0.366 e. The first-order valence-electron chi connectivity index (χ1n) is 10.1. The molecule has 3 N–H and O–H groups in total. The van der Waals surface area contributed by atoms with Gasteiger partial charge in [0.05, 0.1) is 0 Å². The lowest BCUT2D eigenvalue weighted by molar-refractivity contribution is -0.122. The number of hydrogen-bond donors (Lipinski definition) is 2. The van der Waals surface area contributed by atoms with E-state index < -0.39 is 5.91 Å². The van der Waals surface area contributed by atoms with Crippen LogP contribution in [0.5, 0.6) is 0 Å². The minimum absolute atomic E-state index is 0.0854. The molecule has 1 aliphatic rings. The van der Waals surface area contributed by atoms with Crippen LogP contribution in [0.3, 0.4) is 0 Å². The molecule has 2 aromatic rings. The van der Waals surface area contributed by atoms with Gasteiger partial charge in [-0.25, -0.2) is 0 Å². The number of para-hydroxylation sites is 1. The van der Waals surface area contributed by atoms with Gasteiger partial charge in [0.2, 0.25) is 11.8 Å². The molecule has 0 bridgehead atoms. The summed E-state index contributed by atoms with van der Waals surface area (Å²) in [5.41, 5.74) is 8.02. The molecule has 2 aromatic carbocycles. The second-order valence-electron chi connectivity index (χ2n) is 7.81. The molecule has 1 aliphatic heterocycles. The standard InChI is InChI=1S/C23H30N4O2/c1-26(2)20(15-17-10-12-18(13-11-17)22(24)28)16-25-23(29)21-9-6-14-27(21)19-7-4-3-5-8-19/h3-5,7-8,10-13,20-21H,6,9,14-16H2,1-2H3,(H2,24,28)(H,25,29). The highest BCUT2D eigenvalue weighted by Gasteiger charge is 2.31. The van der Waals surface area contributed by atoms with E-state index in [9.17, 15) is 9.59 Å². The van der Waals surface area contributed by atoms with E-state index in [1.54, 1.807) is 12.1 Å². The predicted molar refractivity (Wildman–Crippen MR) is 116 cm³/mol. The Kier molecular flexibility index (Phi) is 6.88. The molecule has 0 aromatic heterocycles. The topological polar surface area (TPSA) is 78.7 Å².